The van der Waals surface area contributed by atoms with Crippen molar-refractivity contribution >= 4 is 44.4 Å². The van der Waals surface area contributed by atoms with Crippen molar-refractivity contribution in [2.75, 3.05) is 13.2 Å². The summed E-state index contributed by atoms with van der Waals surface area (Å²) >= 11 is 5.55. The molecule has 0 saturated carbocycles. The Bertz CT molecular complexity index is 444. The van der Waals surface area contributed by atoms with Gasteiger partial charge in [-0.2, -0.15) is 0 Å². The van der Waals surface area contributed by atoms with Gasteiger partial charge in [0, 0.05) is 14.6 Å². The first-order valence-electron chi connectivity index (χ1n) is 5.35. The number of rotatable bonds is 2. The SMILES string of the molecule is CC1(NC(=O)c2cc(Br)ccc2I)CCOC1. The van der Waals surface area contributed by atoms with Gasteiger partial charge in [-0.25, -0.2) is 0 Å². The smallest absolute Gasteiger partial charge is 0.252 e. The van der Waals surface area contributed by atoms with Crippen LogP contribution in [0.4, 0.5) is 0 Å². The van der Waals surface area contributed by atoms with Crippen molar-refractivity contribution in [3.8, 4) is 0 Å². The molecule has 1 aliphatic rings. The van der Waals surface area contributed by atoms with Crippen LogP contribution in [-0.2, 0) is 4.74 Å². The van der Waals surface area contributed by atoms with E-state index in [4.69, 9.17) is 4.74 Å². The highest BCUT2D eigenvalue weighted by Gasteiger charge is 2.31. The lowest BCUT2D eigenvalue weighted by Gasteiger charge is -2.23. The number of amides is 1. The average Bonchev–Trinajstić information content (AvgIpc) is 2.68. The highest BCUT2D eigenvalue weighted by Crippen LogP contribution is 2.22. The molecule has 0 bridgehead atoms. The lowest BCUT2D eigenvalue weighted by atomic mass is 10.0. The maximum atomic E-state index is 12.2. The van der Waals surface area contributed by atoms with Gasteiger partial charge in [0.2, 0.25) is 0 Å². The van der Waals surface area contributed by atoms with Crippen LogP contribution < -0.4 is 5.32 Å². The summed E-state index contributed by atoms with van der Waals surface area (Å²) in [5.74, 6) is -0.0382. The third kappa shape index (κ3) is 3.20. The Hall–Kier alpha value is -0.140. The van der Waals surface area contributed by atoms with Gasteiger partial charge in [0.1, 0.15) is 0 Å². The van der Waals surface area contributed by atoms with Gasteiger partial charge in [-0.3, -0.25) is 4.79 Å². The summed E-state index contributed by atoms with van der Waals surface area (Å²) in [5, 5.41) is 3.05. The predicted molar refractivity (Wildman–Crippen MR) is 78.2 cm³/mol. The van der Waals surface area contributed by atoms with Gasteiger partial charge in [-0.1, -0.05) is 15.9 Å². The Morgan fingerprint density at radius 3 is 3.00 bits per heavy atom. The summed E-state index contributed by atoms with van der Waals surface area (Å²) in [4.78, 5) is 12.2. The van der Waals surface area contributed by atoms with Gasteiger partial charge in [0.25, 0.3) is 5.91 Å². The number of nitrogens with one attached hydrogen (secondary N) is 1. The molecule has 1 fully saturated rings. The number of benzene rings is 1. The molecule has 1 aromatic rings. The van der Waals surface area contributed by atoms with Crippen LogP contribution in [0.5, 0.6) is 0 Å². The zero-order valence-electron chi connectivity index (χ0n) is 9.43. The zero-order chi connectivity index (χ0) is 12.5. The Labute approximate surface area is 123 Å². The number of halogens is 2. The molecule has 5 heteroatoms. The minimum absolute atomic E-state index is 0.0382. The highest BCUT2D eigenvalue weighted by atomic mass is 127. The van der Waals surface area contributed by atoms with E-state index >= 15 is 0 Å². The molecule has 1 saturated heterocycles. The van der Waals surface area contributed by atoms with Crippen molar-refractivity contribution < 1.29 is 9.53 Å². The fourth-order valence-corrected chi connectivity index (χ4v) is 2.72. The van der Waals surface area contributed by atoms with E-state index in [9.17, 15) is 4.79 Å². The quantitative estimate of drug-likeness (QED) is 0.762. The van der Waals surface area contributed by atoms with Crippen LogP contribution in [0.15, 0.2) is 22.7 Å². The third-order valence-electron chi connectivity index (χ3n) is 2.81. The van der Waals surface area contributed by atoms with E-state index in [0.29, 0.717) is 18.8 Å². The van der Waals surface area contributed by atoms with Crippen LogP contribution in [0.2, 0.25) is 0 Å². The van der Waals surface area contributed by atoms with Gasteiger partial charge in [0.15, 0.2) is 0 Å². The molecule has 1 N–H and O–H groups in total. The second-order valence-corrected chi connectivity index (χ2v) is 6.52. The normalized spacial score (nSPS) is 23.7. The number of hydrogen-bond donors (Lipinski definition) is 1. The number of carbonyl (C=O) groups is 1. The van der Waals surface area contributed by atoms with Crippen molar-refractivity contribution in [1.29, 1.82) is 0 Å². The molecule has 0 spiro atoms. The molecule has 1 heterocycles. The van der Waals surface area contributed by atoms with Crippen molar-refractivity contribution in [3.63, 3.8) is 0 Å². The first kappa shape index (κ1) is 13.3. The monoisotopic (exact) mass is 409 g/mol. The fourth-order valence-electron chi connectivity index (χ4n) is 1.78. The van der Waals surface area contributed by atoms with Crippen LogP contribution in [0.25, 0.3) is 0 Å². The van der Waals surface area contributed by atoms with Gasteiger partial charge in [0.05, 0.1) is 17.7 Å². The summed E-state index contributed by atoms with van der Waals surface area (Å²) in [6, 6.07) is 5.70. The van der Waals surface area contributed by atoms with Crippen molar-refractivity contribution in [3.05, 3.63) is 31.8 Å². The second kappa shape index (κ2) is 5.24. The fraction of sp³-hybridized carbons (Fsp3) is 0.417. The molecular weight excluding hydrogens is 397 g/mol. The van der Waals surface area contributed by atoms with Crippen LogP contribution in [-0.4, -0.2) is 24.7 Å². The molecule has 0 aromatic heterocycles. The van der Waals surface area contributed by atoms with Crippen molar-refractivity contribution in [1.82, 2.24) is 5.32 Å². The number of ether oxygens (including phenoxy) is 1. The first-order chi connectivity index (χ1) is 8.00. The maximum absolute atomic E-state index is 12.2. The molecule has 1 atom stereocenters. The zero-order valence-corrected chi connectivity index (χ0v) is 13.2. The van der Waals surface area contributed by atoms with Crippen LogP contribution in [0.1, 0.15) is 23.7 Å². The topological polar surface area (TPSA) is 38.3 Å². The highest BCUT2D eigenvalue weighted by molar-refractivity contribution is 14.1. The second-order valence-electron chi connectivity index (χ2n) is 4.44. The van der Waals surface area contributed by atoms with E-state index in [1.165, 1.54) is 0 Å². The lowest BCUT2D eigenvalue weighted by Crippen LogP contribution is -2.46. The number of hydrogen-bond acceptors (Lipinski definition) is 2. The molecule has 92 valence electrons. The van der Waals surface area contributed by atoms with Crippen LogP contribution in [0, 0.1) is 3.57 Å². The Morgan fingerprint density at radius 2 is 2.35 bits per heavy atom. The molecule has 3 nitrogen and oxygen atoms in total. The summed E-state index contributed by atoms with van der Waals surface area (Å²) < 4.78 is 7.19. The van der Waals surface area contributed by atoms with E-state index in [2.05, 4.69) is 43.8 Å². The van der Waals surface area contributed by atoms with Gasteiger partial charge in [-0.15, -0.1) is 0 Å². The maximum Gasteiger partial charge on any atom is 0.252 e. The molecule has 1 unspecified atom stereocenters. The lowest BCUT2D eigenvalue weighted by molar-refractivity contribution is 0.0889. The molecule has 0 aliphatic carbocycles. The Balaban J connectivity index is 2.17. The molecule has 0 radical (unpaired) electrons. The minimum atomic E-state index is -0.234. The standard InChI is InChI=1S/C12H13BrINO2/c1-12(4-5-17-7-12)15-11(16)9-6-8(13)2-3-10(9)14/h2-3,6H,4-5,7H2,1H3,(H,15,16). The number of carbonyl (C=O) groups excluding carboxylic acids is 1. The Kier molecular flexibility index (Phi) is 4.10. The van der Waals surface area contributed by atoms with E-state index in [1.807, 2.05) is 25.1 Å². The van der Waals surface area contributed by atoms with E-state index in [-0.39, 0.29) is 11.4 Å². The third-order valence-corrected chi connectivity index (χ3v) is 4.24. The van der Waals surface area contributed by atoms with Gasteiger partial charge in [-0.05, 0) is 54.1 Å². The van der Waals surface area contributed by atoms with Gasteiger partial charge >= 0.3 is 0 Å². The van der Waals surface area contributed by atoms with E-state index < -0.39 is 0 Å². The summed E-state index contributed by atoms with van der Waals surface area (Å²) in [6.45, 7) is 3.32. The van der Waals surface area contributed by atoms with E-state index in [1.54, 1.807) is 0 Å². The summed E-state index contributed by atoms with van der Waals surface area (Å²) in [6.07, 6.45) is 0.864. The average molecular weight is 410 g/mol. The molecule has 1 aromatic carbocycles. The molecule has 2 rings (SSSR count). The van der Waals surface area contributed by atoms with Gasteiger partial charge < -0.3 is 10.1 Å². The van der Waals surface area contributed by atoms with Crippen molar-refractivity contribution in [2.45, 2.75) is 18.9 Å². The Morgan fingerprint density at radius 1 is 1.59 bits per heavy atom. The van der Waals surface area contributed by atoms with E-state index in [0.717, 1.165) is 14.5 Å². The minimum Gasteiger partial charge on any atom is -0.379 e. The molecule has 17 heavy (non-hydrogen) atoms. The molecule has 1 amide bonds. The molecule has 1 aliphatic heterocycles. The first-order valence-corrected chi connectivity index (χ1v) is 7.23. The van der Waals surface area contributed by atoms with Crippen LogP contribution in [0.3, 0.4) is 0 Å². The molecular formula is C12H13BrINO2. The largest absolute Gasteiger partial charge is 0.379 e. The summed E-state index contributed by atoms with van der Waals surface area (Å²) in [7, 11) is 0. The summed E-state index contributed by atoms with van der Waals surface area (Å²) in [5.41, 5.74) is 0.468. The predicted octanol–water partition coefficient (Wildman–Crippen LogP) is 2.96. The van der Waals surface area contributed by atoms with Crippen LogP contribution >= 0.6 is 38.5 Å². The van der Waals surface area contributed by atoms with Crippen molar-refractivity contribution in [2.24, 2.45) is 0 Å².